The normalized spacial score (nSPS) is 10.8. The van der Waals surface area contributed by atoms with E-state index in [-0.39, 0.29) is 18.6 Å². The second-order valence-electron chi connectivity index (χ2n) is 0.169. The predicted octanol–water partition coefficient (Wildman–Crippen LogP) is 3.22. The van der Waals surface area contributed by atoms with Crippen LogP contribution in [0.15, 0.2) is 0 Å². The van der Waals surface area contributed by atoms with Crippen molar-refractivity contribution in [2.24, 2.45) is 0 Å². The van der Waals surface area contributed by atoms with E-state index in [0.717, 1.165) is 5.91 Å². The average Bonchev–Trinajstić information content (AvgIpc) is 1.37. The van der Waals surface area contributed by atoms with Gasteiger partial charge in [-0.1, -0.05) is 22.0 Å². The molecular formula is HI2P2V-. The summed E-state index contributed by atoms with van der Waals surface area (Å²) in [6.07, 6.45) is 0. The third-order valence-electron chi connectivity index (χ3n) is 0.0319. The van der Waals surface area contributed by atoms with Crippen molar-refractivity contribution in [3.8, 4) is 0 Å². The molecule has 0 heterocycles. The van der Waals surface area contributed by atoms with Crippen LogP contribution in [0.2, 0.25) is 0 Å². The van der Waals surface area contributed by atoms with Gasteiger partial charge in [0.2, 0.25) is 0 Å². The Morgan fingerprint density at radius 1 is 1.60 bits per heavy atom. The van der Waals surface area contributed by atoms with Crippen LogP contribution in [0.4, 0.5) is 0 Å². The van der Waals surface area contributed by atoms with E-state index >= 15 is 0 Å². The molecule has 0 amide bonds. The fraction of sp³-hybridized carbons (Fsp3) is 0. The largest absolute Gasteiger partial charge is 0.425 e. The van der Waals surface area contributed by atoms with Gasteiger partial charge in [0, 0.05) is 18.6 Å². The third kappa shape index (κ3) is 10.9. The topological polar surface area (TPSA) is 0 Å². The molecule has 0 rings (SSSR count). The SMILES string of the molecule is I[P-]PI.[V]. The molecule has 0 saturated carbocycles. The number of rotatable bonds is 1. The minimum Gasteiger partial charge on any atom is -0.425 e. The molecule has 0 spiro atoms. The van der Waals surface area contributed by atoms with Crippen LogP contribution in [-0.2, 0) is 18.6 Å². The summed E-state index contributed by atoms with van der Waals surface area (Å²) in [5.41, 5.74) is 0. The van der Waals surface area contributed by atoms with Gasteiger partial charge in [0.25, 0.3) is 0 Å². The Hall–Kier alpha value is 2.90. The van der Waals surface area contributed by atoms with Gasteiger partial charge in [-0.15, -0.1) is 0 Å². The van der Waals surface area contributed by atoms with Crippen LogP contribution in [0.3, 0.4) is 0 Å². The van der Waals surface area contributed by atoms with Crippen LogP contribution in [0, 0.1) is 0 Å². The first-order valence-corrected chi connectivity index (χ1v) is 9.22. The molecular weight excluding hydrogens is 367 g/mol. The van der Waals surface area contributed by atoms with E-state index in [9.17, 15) is 0 Å². The van der Waals surface area contributed by atoms with Crippen LogP contribution in [0.25, 0.3) is 0 Å². The minimum absolute atomic E-state index is 0. The quantitative estimate of drug-likeness (QED) is 0.493. The predicted molar refractivity (Wildman–Crippen MR) is 43.3 cm³/mol. The van der Waals surface area contributed by atoms with Crippen LogP contribution in [0.1, 0.15) is 0 Å². The van der Waals surface area contributed by atoms with Gasteiger partial charge in [-0.25, -0.2) is 5.91 Å². The zero-order valence-corrected chi connectivity index (χ0v) is 9.76. The molecule has 0 fully saturated rings. The number of hydrogen-bond donors (Lipinski definition) is 0. The average molecular weight is 368 g/mol. The fourth-order valence-corrected chi connectivity index (χ4v) is 0. The molecule has 5 heavy (non-hydrogen) atoms. The van der Waals surface area contributed by atoms with E-state index in [4.69, 9.17) is 0 Å². The van der Waals surface area contributed by atoms with Crippen molar-refractivity contribution in [3.05, 3.63) is 0 Å². The van der Waals surface area contributed by atoms with E-state index in [1.165, 1.54) is 5.91 Å². The van der Waals surface area contributed by atoms with E-state index in [1.807, 2.05) is 0 Å². The van der Waals surface area contributed by atoms with Crippen LogP contribution in [-0.4, -0.2) is 0 Å². The molecule has 0 bridgehead atoms. The Balaban J connectivity index is 0. The summed E-state index contributed by atoms with van der Waals surface area (Å²) in [6, 6.07) is 0. The summed E-state index contributed by atoms with van der Waals surface area (Å²) < 4.78 is 0. The molecule has 1 unspecified atom stereocenters. The zero-order chi connectivity index (χ0) is 3.41. The fourth-order valence-electron chi connectivity index (χ4n) is 0. The summed E-state index contributed by atoms with van der Waals surface area (Å²) in [5, 5.41) is 0. The molecule has 0 aromatic carbocycles. The maximum atomic E-state index is 2.36. The van der Waals surface area contributed by atoms with Crippen LogP contribution >= 0.6 is 55.9 Å². The molecule has 0 aliphatic rings. The van der Waals surface area contributed by atoms with Crippen molar-refractivity contribution in [3.63, 3.8) is 0 Å². The Kier molecular flexibility index (Phi) is 21.6. The standard InChI is InChI=1S/HI2P2.V/c1-3-4-2;/h3H;/q-1;. The van der Waals surface area contributed by atoms with Crippen molar-refractivity contribution in [2.75, 3.05) is 0 Å². The molecule has 0 nitrogen and oxygen atoms in total. The molecule has 0 aromatic heterocycles. The Morgan fingerprint density at radius 2 is 1.80 bits per heavy atom. The van der Waals surface area contributed by atoms with Gasteiger partial charge < -0.3 is 28.0 Å². The van der Waals surface area contributed by atoms with E-state index in [1.54, 1.807) is 0 Å². The van der Waals surface area contributed by atoms with Crippen molar-refractivity contribution in [1.29, 1.82) is 0 Å². The van der Waals surface area contributed by atoms with Gasteiger partial charge in [0.15, 0.2) is 0 Å². The monoisotopic (exact) mass is 368 g/mol. The van der Waals surface area contributed by atoms with Gasteiger partial charge in [0.05, 0.1) is 0 Å². The Bertz CT molecular complexity index is 9.61. The van der Waals surface area contributed by atoms with Gasteiger partial charge in [-0.3, -0.25) is 0 Å². The van der Waals surface area contributed by atoms with Crippen molar-refractivity contribution >= 4 is 55.9 Å². The summed E-state index contributed by atoms with van der Waals surface area (Å²) in [5.74, 6) is 2.55. The minimum atomic E-state index is 0. The Labute approximate surface area is 73.3 Å². The van der Waals surface area contributed by atoms with E-state index in [0.29, 0.717) is 0 Å². The van der Waals surface area contributed by atoms with Gasteiger partial charge in [0.1, 0.15) is 0 Å². The third-order valence-corrected chi connectivity index (χ3v) is 12.9. The maximum Gasteiger partial charge on any atom is 0 e. The van der Waals surface area contributed by atoms with Crippen LogP contribution in [0.5, 0.6) is 0 Å². The summed E-state index contributed by atoms with van der Waals surface area (Å²) in [6.45, 7) is 0. The smallest absolute Gasteiger partial charge is 0 e. The molecule has 31 valence electrons. The molecule has 0 aromatic rings. The molecule has 0 N–H and O–H groups in total. The van der Waals surface area contributed by atoms with E-state index < -0.39 is 0 Å². The first-order valence-electron chi connectivity index (χ1n) is 0.582. The molecule has 5 heteroatoms. The second kappa shape index (κ2) is 10.0. The number of hydrogen-bond acceptors (Lipinski definition) is 0. The first-order chi connectivity index (χ1) is 1.91. The van der Waals surface area contributed by atoms with Crippen LogP contribution < -0.4 is 0 Å². The molecule has 0 aliphatic heterocycles. The molecule has 1 radical (unpaired) electrons. The van der Waals surface area contributed by atoms with Crippen molar-refractivity contribution < 1.29 is 18.6 Å². The summed E-state index contributed by atoms with van der Waals surface area (Å²) in [4.78, 5) is 0. The zero-order valence-electron chi connectivity index (χ0n) is 2.15. The summed E-state index contributed by atoms with van der Waals surface area (Å²) >= 11 is 4.69. The molecule has 1 atom stereocenters. The first kappa shape index (κ1) is 10.8. The molecule has 0 aliphatic carbocycles. The maximum absolute atomic E-state index is 2.36. The van der Waals surface area contributed by atoms with Gasteiger partial charge in [-0.2, -0.15) is 0 Å². The second-order valence-corrected chi connectivity index (χ2v) is 10.2. The van der Waals surface area contributed by atoms with Gasteiger partial charge >= 0.3 is 0 Å². The van der Waals surface area contributed by atoms with Crippen molar-refractivity contribution in [1.82, 2.24) is 0 Å². The number of halogens is 2. The van der Waals surface area contributed by atoms with E-state index in [2.05, 4.69) is 44.1 Å². The molecule has 0 saturated heterocycles. The van der Waals surface area contributed by atoms with Gasteiger partial charge in [-0.05, 0) is 0 Å². The Morgan fingerprint density at radius 3 is 1.80 bits per heavy atom. The van der Waals surface area contributed by atoms with Crippen molar-refractivity contribution in [2.45, 2.75) is 0 Å². The summed E-state index contributed by atoms with van der Waals surface area (Å²) in [7, 11) is 0.